The number of imide groups is 1. The minimum absolute atomic E-state index is 0.190. The molecule has 1 atom stereocenters. The molecule has 0 radical (unpaired) electrons. The van der Waals surface area contributed by atoms with Gasteiger partial charge in [0.1, 0.15) is 24.1 Å². The number of amides is 4. The Labute approximate surface area is 249 Å². The van der Waals surface area contributed by atoms with Gasteiger partial charge in [0.25, 0.3) is 11.8 Å². The highest BCUT2D eigenvalue weighted by Gasteiger charge is 2.40. The second-order valence-electron chi connectivity index (χ2n) is 9.97. The van der Waals surface area contributed by atoms with Gasteiger partial charge in [0, 0.05) is 29.6 Å². The Morgan fingerprint density at radius 2 is 1.98 bits per heavy atom. The highest BCUT2D eigenvalue weighted by Crippen LogP contribution is 2.32. The topological polar surface area (TPSA) is 199 Å². The van der Waals surface area contributed by atoms with Crippen molar-refractivity contribution < 1.29 is 38.0 Å². The molecular weight excluding hydrogens is 576 g/mol. The number of ether oxygens (including phenoxy) is 2. The van der Waals surface area contributed by atoms with Crippen LogP contribution in [0.2, 0.25) is 0 Å². The molecule has 1 aliphatic rings. The third-order valence-electron chi connectivity index (χ3n) is 6.87. The maximum absolute atomic E-state index is 13.7. The summed E-state index contributed by atoms with van der Waals surface area (Å²) in [5.74, 6) is -1.18. The van der Waals surface area contributed by atoms with E-state index in [9.17, 15) is 24.0 Å². The summed E-state index contributed by atoms with van der Waals surface area (Å²) in [6.07, 6.45) is 4.71. The largest absolute Gasteiger partial charge is 0.426 e. The SMILES string of the molecule is Cc1ccc(C(=O)Nc2ccon2)cc1Nc1ncnn2cc(C(=O)N(C(=O)OCOC(=O)C(C)NC=O)C3CC3)c(C)c12. The van der Waals surface area contributed by atoms with Gasteiger partial charge in [-0.1, -0.05) is 11.2 Å². The van der Waals surface area contributed by atoms with Crippen molar-refractivity contribution in [2.45, 2.75) is 45.7 Å². The molecule has 1 unspecified atom stereocenters. The number of aromatic nitrogens is 4. The number of anilines is 3. The molecule has 1 aromatic carbocycles. The van der Waals surface area contributed by atoms with Gasteiger partial charge < -0.3 is 29.9 Å². The van der Waals surface area contributed by atoms with Gasteiger partial charge in [-0.3, -0.25) is 14.4 Å². The van der Waals surface area contributed by atoms with Crippen LogP contribution in [0.5, 0.6) is 0 Å². The number of nitrogens with one attached hydrogen (secondary N) is 3. The first-order valence-electron chi connectivity index (χ1n) is 13.5. The van der Waals surface area contributed by atoms with Crippen molar-refractivity contribution in [1.29, 1.82) is 0 Å². The van der Waals surface area contributed by atoms with Gasteiger partial charge in [0.05, 0.1) is 5.56 Å². The molecule has 228 valence electrons. The number of hydrogen-bond donors (Lipinski definition) is 3. The van der Waals surface area contributed by atoms with Crippen molar-refractivity contribution in [3.05, 3.63) is 65.3 Å². The Morgan fingerprint density at radius 1 is 1.18 bits per heavy atom. The van der Waals surface area contributed by atoms with Crippen LogP contribution in [-0.4, -0.2) is 73.8 Å². The average molecular weight is 605 g/mol. The normalized spacial score (nSPS) is 13.1. The lowest BCUT2D eigenvalue weighted by molar-refractivity contribution is -0.154. The molecule has 16 nitrogen and oxygen atoms in total. The van der Waals surface area contributed by atoms with E-state index in [1.54, 1.807) is 25.1 Å². The fraction of sp³-hybridized carbons (Fsp3) is 0.286. The average Bonchev–Trinajstić information content (AvgIpc) is 3.57. The lowest BCUT2D eigenvalue weighted by Crippen LogP contribution is -2.40. The van der Waals surface area contributed by atoms with E-state index in [1.165, 1.54) is 36.3 Å². The number of esters is 1. The smallest absolute Gasteiger partial charge is 0.419 e. The van der Waals surface area contributed by atoms with Crippen LogP contribution in [0.1, 0.15) is 51.6 Å². The Morgan fingerprint density at radius 3 is 2.68 bits per heavy atom. The van der Waals surface area contributed by atoms with Gasteiger partial charge in [-0.05, 0) is 56.9 Å². The standard InChI is InChI=1S/C28H28N8O8/c1-15-4-5-18(25(38)33-22-8-9-44-34-22)10-21(15)32-24-23-16(2)20(11-35(23)31-12-29-24)26(39)36(19-6-7-19)28(41)43-14-42-27(40)17(3)30-13-37/h4-5,8-13,17,19H,6-7,14H2,1-3H3,(H,30,37)(H,29,31,32)(H,33,34,38). The summed E-state index contributed by atoms with van der Waals surface area (Å²) in [5.41, 5.74) is 2.92. The minimum atomic E-state index is -0.975. The number of fused-ring (bicyclic) bond motifs is 1. The van der Waals surface area contributed by atoms with E-state index in [1.807, 2.05) is 6.92 Å². The molecule has 3 heterocycles. The Hall–Kier alpha value is -5.80. The number of aryl methyl sites for hydroxylation is 2. The van der Waals surface area contributed by atoms with Crippen molar-refractivity contribution >= 4 is 53.1 Å². The van der Waals surface area contributed by atoms with Crippen LogP contribution >= 0.6 is 0 Å². The van der Waals surface area contributed by atoms with Gasteiger partial charge in [0.2, 0.25) is 13.2 Å². The first-order valence-corrected chi connectivity index (χ1v) is 13.5. The summed E-state index contributed by atoms with van der Waals surface area (Å²) in [6.45, 7) is 4.23. The molecule has 44 heavy (non-hydrogen) atoms. The van der Waals surface area contributed by atoms with Gasteiger partial charge in [0.15, 0.2) is 11.6 Å². The maximum atomic E-state index is 13.7. The molecule has 4 amide bonds. The summed E-state index contributed by atoms with van der Waals surface area (Å²) < 4.78 is 16.1. The lowest BCUT2D eigenvalue weighted by atomic mass is 10.1. The maximum Gasteiger partial charge on any atom is 0.419 e. The van der Waals surface area contributed by atoms with Crippen molar-refractivity contribution in [2.24, 2.45) is 0 Å². The molecule has 1 saturated carbocycles. The molecule has 1 fully saturated rings. The van der Waals surface area contributed by atoms with Gasteiger partial charge in [-0.15, -0.1) is 0 Å². The molecule has 0 saturated heterocycles. The van der Waals surface area contributed by atoms with Crippen LogP contribution in [0, 0.1) is 13.8 Å². The second kappa shape index (κ2) is 12.6. The van der Waals surface area contributed by atoms with E-state index in [2.05, 4.69) is 31.2 Å². The Kier molecular flexibility index (Phi) is 8.50. The first-order chi connectivity index (χ1) is 21.2. The van der Waals surface area contributed by atoms with Crippen LogP contribution in [0.15, 0.2) is 47.6 Å². The first kappa shape index (κ1) is 29.7. The summed E-state index contributed by atoms with van der Waals surface area (Å²) >= 11 is 0. The number of benzene rings is 1. The third-order valence-corrected chi connectivity index (χ3v) is 6.87. The number of hydrogen-bond acceptors (Lipinski definition) is 12. The van der Waals surface area contributed by atoms with E-state index in [4.69, 9.17) is 14.0 Å². The molecule has 16 heteroatoms. The highest BCUT2D eigenvalue weighted by atomic mass is 16.7. The van der Waals surface area contributed by atoms with Gasteiger partial charge in [-0.25, -0.2) is 24.0 Å². The zero-order valence-corrected chi connectivity index (χ0v) is 23.9. The molecule has 1 aliphatic carbocycles. The monoisotopic (exact) mass is 604 g/mol. The van der Waals surface area contributed by atoms with Crippen molar-refractivity contribution in [3.8, 4) is 0 Å². The molecule has 3 aromatic heterocycles. The van der Waals surface area contributed by atoms with E-state index >= 15 is 0 Å². The summed E-state index contributed by atoms with van der Waals surface area (Å²) in [5, 5.41) is 16.0. The zero-order chi connectivity index (χ0) is 31.4. The molecule has 0 spiro atoms. The molecule has 5 rings (SSSR count). The molecule has 0 aliphatic heterocycles. The minimum Gasteiger partial charge on any atom is -0.426 e. The van der Waals surface area contributed by atoms with Crippen LogP contribution < -0.4 is 16.0 Å². The number of carbonyl (C=O) groups excluding carboxylic acids is 5. The van der Waals surface area contributed by atoms with Gasteiger partial charge in [-0.2, -0.15) is 5.10 Å². The number of carbonyl (C=O) groups is 5. The van der Waals surface area contributed by atoms with E-state index in [-0.39, 0.29) is 17.4 Å². The summed E-state index contributed by atoms with van der Waals surface area (Å²) in [4.78, 5) is 67.0. The number of rotatable bonds is 11. The summed E-state index contributed by atoms with van der Waals surface area (Å²) in [7, 11) is 0. The highest BCUT2D eigenvalue weighted by molar-refractivity contribution is 6.06. The fourth-order valence-electron chi connectivity index (χ4n) is 4.32. The molecule has 3 N–H and O–H groups in total. The predicted molar refractivity (Wildman–Crippen MR) is 152 cm³/mol. The zero-order valence-electron chi connectivity index (χ0n) is 23.9. The van der Waals surface area contributed by atoms with Crippen LogP contribution in [0.25, 0.3) is 5.52 Å². The second-order valence-corrected chi connectivity index (χ2v) is 9.97. The fourth-order valence-corrected chi connectivity index (χ4v) is 4.32. The van der Waals surface area contributed by atoms with Crippen LogP contribution in [0.4, 0.5) is 22.1 Å². The molecule has 0 bridgehead atoms. The summed E-state index contributed by atoms with van der Waals surface area (Å²) in [6, 6.07) is 5.30. The molecule has 4 aromatic rings. The van der Waals surface area contributed by atoms with Gasteiger partial charge >= 0.3 is 12.1 Å². The van der Waals surface area contributed by atoms with Crippen molar-refractivity contribution in [3.63, 3.8) is 0 Å². The molecular formula is C28H28N8O8. The van der Waals surface area contributed by atoms with Crippen molar-refractivity contribution in [2.75, 3.05) is 17.4 Å². The quantitative estimate of drug-likeness (QED) is 0.129. The lowest BCUT2D eigenvalue weighted by Gasteiger charge is -2.20. The van der Waals surface area contributed by atoms with E-state index < -0.39 is 36.7 Å². The van der Waals surface area contributed by atoms with Crippen molar-refractivity contribution in [1.82, 2.24) is 30.0 Å². The van der Waals surface area contributed by atoms with Crippen LogP contribution in [-0.2, 0) is 19.1 Å². The number of nitrogens with zero attached hydrogens (tertiary/aromatic N) is 5. The Balaban J connectivity index is 1.35. The van der Waals surface area contributed by atoms with E-state index in [0.717, 1.165) is 10.5 Å². The third kappa shape index (κ3) is 6.33. The van der Waals surface area contributed by atoms with E-state index in [0.29, 0.717) is 47.4 Å². The Bertz CT molecular complexity index is 1730. The predicted octanol–water partition coefficient (Wildman–Crippen LogP) is 2.71. The van der Waals surface area contributed by atoms with Crippen LogP contribution in [0.3, 0.4) is 0 Å².